The van der Waals surface area contributed by atoms with Crippen LogP contribution in [0.4, 0.5) is 17.1 Å². The Hall–Kier alpha value is -6.71. The van der Waals surface area contributed by atoms with Gasteiger partial charge in [-0.25, -0.2) is 4.52 Å². The van der Waals surface area contributed by atoms with E-state index in [0.717, 1.165) is 72.6 Å². The molecule has 0 bridgehead atoms. The topological polar surface area (TPSA) is 20.5 Å². The molecule has 7 aromatic carbocycles. The molecule has 0 N–H and O–H groups in total. The van der Waals surface area contributed by atoms with Gasteiger partial charge in [0.25, 0.3) is 0 Å². The number of rotatable bonds is 7. The van der Waals surface area contributed by atoms with Crippen molar-refractivity contribution in [2.45, 2.75) is 0 Å². The maximum absolute atomic E-state index is 5.57. The number of hydrogen-bond donors (Lipinski definition) is 0. The quantitative estimate of drug-likeness (QED) is 0.173. The highest BCUT2D eigenvalue weighted by Gasteiger charge is 2.28. The Morgan fingerprint density at radius 3 is 1.50 bits per heavy atom. The predicted molar refractivity (Wildman–Crippen MR) is 209 cm³/mol. The van der Waals surface area contributed by atoms with Crippen LogP contribution in [0, 0.1) is 0 Å². The second-order valence-electron chi connectivity index (χ2n) is 12.4. The summed E-state index contributed by atoms with van der Waals surface area (Å²) in [5, 5.41) is 7.85. The van der Waals surface area contributed by atoms with Crippen molar-refractivity contribution in [3.8, 4) is 44.8 Å². The molecule has 0 aliphatic heterocycles. The lowest BCUT2D eigenvalue weighted by Gasteiger charge is -2.30. The molecular weight excluding hydrogens is 607 g/mol. The molecule has 0 saturated heterocycles. The molecule has 9 rings (SSSR count). The summed E-state index contributed by atoms with van der Waals surface area (Å²) in [4.78, 5) is 2.41. The zero-order valence-electron chi connectivity index (χ0n) is 27.4. The molecule has 0 radical (unpaired) electrons. The number of hydrogen-bond acceptors (Lipinski definition) is 2. The van der Waals surface area contributed by atoms with Crippen molar-refractivity contribution in [2.75, 3.05) is 4.90 Å². The summed E-state index contributed by atoms with van der Waals surface area (Å²) in [6.07, 6.45) is 0. The van der Waals surface area contributed by atoms with Gasteiger partial charge < -0.3 is 4.90 Å². The molecule has 3 heteroatoms. The Bertz CT molecular complexity index is 2560. The van der Waals surface area contributed by atoms with Crippen molar-refractivity contribution >= 4 is 33.4 Å². The first-order chi connectivity index (χ1) is 24.8. The first-order valence-electron chi connectivity index (χ1n) is 17.0. The van der Waals surface area contributed by atoms with Crippen LogP contribution in [-0.2, 0) is 0 Å². The van der Waals surface area contributed by atoms with Crippen molar-refractivity contribution in [1.82, 2.24) is 9.61 Å². The van der Waals surface area contributed by atoms with E-state index in [0.29, 0.717) is 0 Å². The van der Waals surface area contributed by atoms with Crippen molar-refractivity contribution < 1.29 is 0 Å². The van der Waals surface area contributed by atoms with E-state index in [9.17, 15) is 0 Å². The molecule has 0 amide bonds. The fourth-order valence-electron chi connectivity index (χ4n) is 7.15. The van der Waals surface area contributed by atoms with Gasteiger partial charge in [-0.05, 0) is 41.0 Å². The molecule has 0 saturated carbocycles. The van der Waals surface area contributed by atoms with Crippen LogP contribution >= 0.6 is 0 Å². The average molecular weight is 640 g/mol. The van der Waals surface area contributed by atoms with Gasteiger partial charge in [-0.3, -0.25) is 0 Å². The van der Waals surface area contributed by atoms with Gasteiger partial charge in [-0.15, -0.1) is 0 Å². The molecule has 0 aliphatic rings. The molecule has 0 atom stereocenters. The van der Waals surface area contributed by atoms with Gasteiger partial charge in [0.2, 0.25) is 0 Å². The number of benzene rings is 7. The third-order valence-corrected chi connectivity index (χ3v) is 9.37. The minimum Gasteiger partial charge on any atom is -0.308 e. The van der Waals surface area contributed by atoms with Gasteiger partial charge in [-0.1, -0.05) is 176 Å². The first kappa shape index (κ1) is 29.4. The number of anilines is 3. The SMILES string of the molecule is c1ccc(-c2cccc(N(c3ccccc3)c3c(-c4ccccc4)n4nc(-c5ccccc5)c(-c5ccccc5)c4c4ccccc34)c2)cc1. The van der Waals surface area contributed by atoms with Crippen molar-refractivity contribution in [1.29, 1.82) is 0 Å². The predicted octanol–water partition coefficient (Wildman–Crippen LogP) is 12.6. The van der Waals surface area contributed by atoms with Crippen LogP contribution in [0.1, 0.15) is 0 Å². The summed E-state index contributed by atoms with van der Waals surface area (Å²) in [7, 11) is 0. The Balaban J connectivity index is 1.46. The monoisotopic (exact) mass is 639 g/mol. The van der Waals surface area contributed by atoms with Gasteiger partial charge in [0, 0.05) is 38.8 Å². The number of nitrogens with zero attached hydrogens (tertiary/aromatic N) is 3. The highest BCUT2D eigenvalue weighted by Crippen LogP contribution is 2.49. The molecule has 0 aliphatic carbocycles. The zero-order chi connectivity index (χ0) is 33.3. The molecule has 50 heavy (non-hydrogen) atoms. The maximum Gasteiger partial charge on any atom is 0.101 e. The van der Waals surface area contributed by atoms with E-state index in [1.54, 1.807) is 0 Å². The number of para-hydroxylation sites is 1. The second kappa shape index (κ2) is 12.7. The van der Waals surface area contributed by atoms with Crippen LogP contribution in [0.15, 0.2) is 200 Å². The van der Waals surface area contributed by atoms with Crippen molar-refractivity contribution in [3.63, 3.8) is 0 Å². The molecule has 3 nitrogen and oxygen atoms in total. The Kier molecular flexibility index (Phi) is 7.49. The third kappa shape index (κ3) is 5.13. The minimum absolute atomic E-state index is 0.952. The smallest absolute Gasteiger partial charge is 0.101 e. The molecule has 0 spiro atoms. The van der Waals surface area contributed by atoms with E-state index < -0.39 is 0 Å². The van der Waals surface area contributed by atoms with Crippen LogP contribution in [0.3, 0.4) is 0 Å². The summed E-state index contributed by atoms with van der Waals surface area (Å²) < 4.78 is 2.20. The van der Waals surface area contributed by atoms with Gasteiger partial charge >= 0.3 is 0 Å². The van der Waals surface area contributed by atoms with Crippen LogP contribution in [-0.4, -0.2) is 9.61 Å². The van der Waals surface area contributed by atoms with Gasteiger partial charge in [0.05, 0.1) is 16.9 Å². The standard InChI is InChI=1S/C47H33N3/c1-6-19-34(20-7-1)38-27-18-30-40(33-38)49(39-28-14-5-15-29-39)47-42-32-17-16-31-41(42)46-43(35-21-8-2-9-22-35)44(36-23-10-3-11-24-36)48-50(46)45(47)37-25-12-4-13-26-37/h1-33H. The minimum atomic E-state index is 0.952. The van der Waals surface area contributed by atoms with E-state index in [1.807, 2.05) is 0 Å². The van der Waals surface area contributed by atoms with Crippen LogP contribution in [0.2, 0.25) is 0 Å². The highest BCUT2D eigenvalue weighted by molar-refractivity contribution is 6.15. The summed E-state index contributed by atoms with van der Waals surface area (Å²) in [6, 6.07) is 70.9. The molecule has 0 fully saturated rings. The fourth-order valence-corrected chi connectivity index (χ4v) is 7.15. The Morgan fingerprint density at radius 2 is 0.860 bits per heavy atom. The zero-order valence-corrected chi connectivity index (χ0v) is 27.4. The summed E-state index contributed by atoms with van der Waals surface area (Å²) in [5.74, 6) is 0. The van der Waals surface area contributed by atoms with Crippen molar-refractivity contribution in [2.24, 2.45) is 0 Å². The van der Waals surface area contributed by atoms with E-state index in [2.05, 4.69) is 210 Å². The van der Waals surface area contributed by atoms with Gasteiger partial charge in [0.15, 0.2) is 0 Å². The lowest BCUT2D eigenvalue weighted by atomic mass is 9.95. The molecule has 2 aromatic heterocycles. The fraction of sp³-hybridized carbons (Fsp3) is 0. The third-order valence-electron chi connectivity index (χ3n) is 9.37. The summed E-state index contributed by atoms with van der Waals surface area (Å²) in [6.45, 7) is 0. The van der Waals surface area contributed by atoms with E-state index in [4.69, 9.17) is 5.10 Å². The Morgan fingerprint density at radius 1 is 0.380 bits per heavy atom. The lowest BCUT2D eigenvalue weighted by Crippen LogP contribution is -2.14. The Labute approximate surface area is 292 Å². The van der Waals surface area contributed by atoms with Crippen LogP contribution in [0.25, 0.3) is 61.1 Å². The van der Waals surface area contributed by atoms with E-state index in [-0.39, 0.29) is 0 Å². The molecule has 9 aromatic rings. The van der Waals surface area contributed by atoms with Gasteiger partial charge in [-0.2, -0.15) is 5.10 Å². The number of pyridine rings is 1. The maximum atomic E-state index is 5.57. The molecule has 2 heterocycles. The molecule has 0 unspecified atom stereocenters. The number of fused-ring (bicyclic) bond motifs is 3. The second-order valence-corrected chi connectivity index (χ2v) is 12.4. The lowest BCUT2D eigenvalue weighted by molar-refractivity contribution is 0.976. The normalized spacial score (nSPS) is 11.2. The van der Waals surface area contributed by atoms with E-state index >= 15 is 0 Å². The van der Waals surface area contributed by atoms with Crippen LogP contribution < -0.4 is 4.90 Å². The van der Waals surface area contributed by atoms with Gasteiger partial charge in [0.1, 0.15) is 5.69 Å². The molecular formula is C47H33N3. The summed E-state index contributed by atoms with van der Waals surface area (Å²) in [5.41, 5.74) is 13.0. The van der Waals surface area contributed by atoms with E-state index in [1.165, 1.54) is 5.56 Å². The van der Waals surface area contributed by atoms with Crippen LogP contribution in [0.5, 0.6) is 0 Å². The summed E-state index contributed by atoms with van der Waals surface area (Å²) >= 11 is 0. The first-order valence-corrected chi connectivity index (χ1v) is 17.0. The van der Waals surface area contributed by atoms with Crippen molar-refractivity contribution in [3.05, 3.63) is 200 Å². The average Bonchev–Trinajstić information content (AvgIpc) is 3.61. The highest BCUT2D eigenvalue weighted by atomic mass is 15.3. The molecule has 236 valence electrons. The largest absolute Gasteiger partial charge is 0.308 e. The number of aromatic nitrogens is 2.